The lowest BCUT2D eigenvalue weighted by molar-refractivity contribution is 0.0951. The summed E-state index contributed by atoms with van der Waals surface area (Å²) in [6, 6.07) is 11.1. The molecule has 0 spiro atoms. The summed E-state index contributed by atoms with van der Waals surface area (Å²) in [5.41, 5.74) is 0.574. The summed E-state index contributed by atoms with van der Waals surface area (Å²) in [7, 11) is -1.15. The summed E-state index contributed by atoms with van der Waals surface area (Å²) in [5, 5.41) is 7.23. The molecule has 8 heteroatoms. The number of carbonyl (C=O) groups is 1. The Labute approximate surface area is 203 Å². The first kappa shape index (κ1) is 25.4. The molecular formula is C24H34ClN3O2S2. The Morgan fingerprint density at radius 1 is 1.25 bits per heavy atom. The summed E-state index contributed by atoms with van der Waals surface area (Å²) in [5.74, 6) is 0.591. The van der Waals surface area contributed by atoms with Crippen LogP contribution >= 0.6 is 22.9 Å². The van der Waals surface area contributed by atoms with E-state index >= 15 is 0 Å². The van der Waals surface area contributed by atoms with Gasteiger partial charge in [-0.2, -0.15) is 0 Å². The Morgan fingerprint density at radius 2 is 2.03 bits per heavy atom. The molecule has 0 bridgehead atoms. The monoisotopic (exact) mass is 495 g/mol. The number of hydrogen-bond acceptors (Lipinski definition) is 4. The number of benzene rings is 1. The first-order valence-electron chi connectivity index (χ1n) is 11.5. The van der Waals surface area contributed by atoms with Gasteiger partial charge in [0.25, 0.3) is 5.91 Å². The number of rotatable bonds is 12. The van der Waals surface area contributed by atoms with E-state index in [4.69, 9.17) is 11.6 Å². The second-order valence-electron chi connectivity index (χ2n) is 8.36. The van der Waals surface area contributed by atoms with Gasteiger partial charge in [0, 0.05) is 34.6 Å². The molecule has 176 valence electrons. The molecule has 2 N–H and O–H groups in total. The fourth-order valence-electron chi connectivity index (χ4n) is 3.87. The third-order valence-electron chi connectivity index (χ3n) is 5.96. The minimum absolute atomic E-state index is 0.143. The van der Waals surface area contributed by atoms with Crippen molar-refractivity contribution in [3.05, 3.63) is 51.9 Å². The van der Waals surface area contributed by atoms with Gasteiger partial charge in [-0.15, -0.1) is 11.3 Å². The summed E-state index contributed by atoms with van der Waals surface area (Å²) < 4.78 is 16.0. The molecule has 1 fully saturated rings. The van der Waals surface area contributed by atoms with Gasteiger partial charge in [-0.25, -0.2) is 8.51 Å². The van der Waals surface area contributed by atoms with Crippen LogP contribution in [0.25, 0.3) is 0 Å². The van der Waals surface area contributed by atoms with Gasteiger partial charge in [-0.05, 0) is 61.7 Å². The van der Waals surface area contributed by atoms with E-state index < -0.39 is 11.0 Å². The predicted molar refractivity (Wildman–Crippen MR) is 135 cm³/mol. The largest absolute Gasteiger partial charge is 0.347 e. The molecule has 1 aromatic carbocycles. The van der Waals surface area contributed by atoms with Gasteiger partial charge in [0.15, 0.2) is 0 Å². The summed E-state index contributed by atoms with van der Waals surface area (Å²) in [4.78, 5) is 13.3. The van der Waals surface area contributed by atoms with Crippen molar-refractivity contribution in [1.82, 2.24) is 14.9 Å². The van der Waals surface area contributed by atoms with E-state index in [-0.39, 0.29) is 5.91 Å². The van der Waals surface area contributed by atoms with Gasteiger partial charge >= 0.3 is 0 Å². The van der Waals surface area contributed by atoms with Crippen LogP contribution in [0, 0.1) is 5.92 Å². The molecule has 0 aliphatic carbocycles. The molecule has 0 radical (unpaired) electrons. The average Bonchev–Trinajstić information content (AvgIpc) is 3.47. The summed E-state index contributed by atoms with van der Waals surface area (Å²) in [6.07, 6.45) is 6.07. The maximum atomic E-state index is 13.1. The van der Waals surface area contributed by atoms with E-state index in [0.29, 0.717) is 23.2 Å². The van der Waals surface area contributed by atoms with Crippen LogP contribution in [0.2, 0.25) is 5.02 Å². The Kier molecular flexibility index (Phi) is 10.2. The smallest absolute Gasteiger partial charge is 0.251 e. The molecule has 0 saturated carbocycles. The summed E-state index contributed by atoms with van der Waals surface area (Å²) >= 11 is 7.38. The van der Waals surface area contributed by atoms with Crippen molar-refractivity contribution in [2.75, 3.05) is 19.6 Å². The van der Waals surface area contributed by atoms with Crippen LogP contribution < -0.4 is 10.6 Å². The van der Waals surface area contributed by atoms with Crippen LogP contribution in [0.15, 0.2) is 40.6 Å². The Balaban J connectivity index is 1.45. The minimum Gasteiger partial charge on any atom is -0.347 e. The van der Waals surface area contributed by atoms with Crippen molar-refractivity contribution >= 4 is 39.8 Å². The molecular weight excluding hydrogens is 462 g/mol. The second-order valence-corrected chi connectivity index (χ2v) is 11.7. The maximum Gasteiger partial charge on any atom is 0.251 e. The molecule has 1 aliphatic rings. The molecule has 2 heterocycles. The number of amides is 1. The van der Waals surface area contributed by atoms with Crippen LogP contribution in [0.4, 0.5) is 0 Å². The quantitative estimate of drug-likeness (QED) is 0.423. The zero-order valence-electron chi connectivity index (χ0n) is 18.9. The van der Waals surface area contributed by atoms with Crippen molar-refractivity contribution in [1.29, 1.82) is 0 Å². The van der Waals surface area contributed by atoms with E-state index in [1.807, 2.05) is 12.1 Å². The molecule has 32 heavy (non-hydrogen) atoms. The fourth-order valence-corrected chi connectivity index (χ4v) is 6.62. The molecule has 5 nitrogen and oxygen atoms in total. The third kappa shape index (κ3) is 7.39. The van der Waals surface area contributed by atoms with E-state index in [1.54, 1.807) is 24.3 Å². The van der Waals surface area contributed by atoms with Gasteiger partial charge in [-0.1, -0.05) is 44.7 Å². The van der Waals surface area contributed by atoms with Crippen molar-refractivity contribution < 1.29 is 9.00 Å². The fraction of sp³-hybridized carbons (Fsp3) is 0.542. The maximum absolute atomic E-state index is 13.1. The molecule has 1 aromatic heterocycles. The van der Waals surface area contributed by atoms with Crippen molar-refractivity contribution in [3.8, 4) is 0 Å². The second kappa shape index (κ2) is 12.8. The van der Waals surface area contributed by atoms with Crippen LogP contribution in [-0.4, -0.2) is 40.1 Å². The Hall–Kier alpha value is -1.25. The van der Waals surface area contributed by atoms with Crippen molar-refractivity contribution in [3.63, 3.8) is 0 Å². The number of hydrogen-bond donors (Lipinski definition) is 2. The number of halogens is 1. The van der Waals surface area contributed by atoms with Gasteiger partial charge in [0.05, 0.1) is 6.54 Å². The van der Waals surface area contributed by atoms with E-state index in [0.717, 1.165) is 41.1 Å². The highest BCUT2D eigenvalue weighted by atomic mass is 35.5. The standard InChI is InChI=1S/C24H34ClN3O2S2/c1-3-5-6-18(4-2)15-26-21-13-14-28(17-21)32(30)23-12-11-22(31-23)16-27-24(29)19-7-9-20(25)10-8-19/h7-12,18,21,26H,3-6,13-17H2,1-2H3,(H,27,29). The Morgan fingerprint density at radius 3 is 2.75 bits per heavy atom. The minimum atomic E-state index is -1.15. The van der Waals surface area contributed by atoms with Crippen LogP contribution in [-0.2, 0) is 17.5 Å². The van der Waals surface area contributed by atoms with Crippen molar-refractivity contribution in [2.24, 2.45) is 5.92 Å². The number of carbonyl (C=O) groups excluding carboxylic acids is 1. The SMILES string of the molecule is CCCCC(CC)CNC1CCN(S(=O)c2ccc(CNC(=O)c3ccc(Cl)cc3)s2)C1. The highest BCUT2D eigenvalue weighted by Crippen LogP contribution is 2.25. The zero-order chi connectivity index (χ0) is 22.9. The number of nitrogens with zero attached hydrogens (tertiary/aromatic N) is 1. The van der Waals surface area contributed by atoms with E-state index in [9.17, 15) is 9.00 Å². The zero-order valence-corrected chi connectivity index (χ0v) is 21.3. The number of unbranched alkanes of at least 4 members (excludes halogenated alkanes) is 1. The topological polar surface area (TPSA) is 61.4 Å². The summed E-state index contributed by atoms with van der Waals surface area (Å²) in [6.45, 7) is 7.65. The van der Waals surface area contributed by atoms with Crippen LogP contribution in [0.3, 0.4) is 0 Å². The Bertz CT molecular complexity index is 888. The highest BCUT2D eigenvalue weighted by molar-refractivity contribution is 7.85. The third-order valence-corrected chi connectivity index (χ3v) is 9.05. The first-order valence-corrected chi connectivity index (χ1v) is 13.8. The van der Waals surface area contributed by atoms with Crippen LogP contribution in [0.5, 0.6) is 0 Å². The lowest BCUT2D eigenvalue weighted by atomic mass is 9.99. The van der Waals surface area contributed by atoms with Gasteiger partial charge in [0.2, 0.25) is 0 Å². The van der Waals surface area contributed by atoms with Gasteiger partial charge in [-0.3, -0.25) is 4.79 Å². The predicted octanol–water partition coefficient (Wildman–Crippen LogP) is 5.23. The normalized spacial score (nSPS) is 18.5. The van der Waals surface area contributed by atoms with E-state index in [2.05, 4.69) is 28.8 Å². The molecule has 2 aromatic rings. The van der Waals surface area contributed by atoms with Gasteiger partial charge in [0.1, 0.15) is 15.2 Å². The molecule has 1 saturated heterocycles. The highest BCUT2D eigenvalue weighted by Gasteiger charge is 2.28. The van der Waals surface area contributed by atoms with Crippen LogP contribution in [0.1, 0.15) is 61.2 Å². The van der Waals surface area contributed by atoms with Crippen molar-refractivity contribution in [2.45, 2.75) is 62.7 Å². The number of nitrogens with one attached hydrogen (secondary N) is 2. The molecule has 3 unspecified atom stereocenters. The lowest BCUT2D eigenvalue weighted by Crippen LogP contribution is -2.36. The molecule has 3 rings (SSSR count). The van der Waals surface area contributed by atoms with Gasteiger partial charge < -0.3 is 10.6 Å². The van der Waals surface area contributed by atoms with E-state index in [1.165, 1.54) is 37.0 Å². The molecule has 1 amide bonds. The molecule has 1 aliphatic heterocycles. The first-order chi connectivity index (χ1) is 15.5. The number of thiophene rings is 1. The average molecular weight is 496 g/mol. The lowest BCUT2D eigenvalue weighted by Gasteiger charge is -2.19. The molecule has 3 atom stereocenters.